The van der Waals surface area contributed by atoms with Gasteiger partial charge in [0.05, 0.1) is 6.10 Å². The van der Waals surface area contributed by atoms with Gasteiger partial charge in [0.15, 0.2) is 0 Å². The van der Waals surface area contributed by atoms with Crippen molar-refractivity contribution in [1.29, 1.82) is 0 Å². The Morgan fingerprint density at radius 2 is 2.00 bits per heavy atom. The van der Waals surface area contributed by atoms with Crippen molar-refractivity contribution >= 4 is 0 Å². The van der Waals surface area contributed by atoms with Crippen LogP contribution in [0.2, 0.25) is 0 Å². The normalized spacial score (nSPS) is 40.1. The largest absolute Gasteiger partial charge is 0.393 e. The lowest BCUT2D eigenvalue weighted by Gasteiger charge is -2.37. The highest BCUT2D eigenvalue weighted by Gasteiger charge is 2.32. The molecule has 1 rings (SSSR count). The molecule has 0 amide bonds. The molecular formula is C12H22O. The first-order valence-corrected chi connectivity index (χ1v) is 5.25. The van der Waals surface area contributed by atoms with Crippen molar-refractivity contribution < 1.29 is 5.11 Å². The number of aliphatic hydroxyl groups is 1. The van der Waals surface area contributed by atoms with Gasteiger partial charge in [0, 0.05) is 0 Å². The summed E-state index contributed by atoms with van der Waals surface area (Å²) < 4.78 is 0. The molecule has 0 aliphatic heterocycles. The highest BCUT2D eigenvalue weighted by Crippen LogP contribution is 2.40. The number of allylic oxidation sites excluding steroid dienone is 2. The van der Waals surface area contributed by atoms with E-state index in [1.807, 2.05) is 0 Å². The molecule has 1 saturated carbocycles. The maximum Gasteiger partial charge on any atom is 0.0551 e. The predicted octanol–water partition coefficient (Wildman–Crippen LogP) is 3.14. The molecule has 0 saturated heterocycles. The minimum absolute atomic E-state index is 0.0932. The fraction of sp³-hybridized carbons (Fsp3) is 0.833. The van der Waals surface area contributed by atoms with E-state index in [0.717, 1.165) is 12.8 Å². The summed E-state index contributed by atoms with van der Waals surface area (Å²) in [6.45, 7) is 8.77. The third-order valence-electron chi connectivity index (χ3n) is 2.83. The van der Waals surface area contributed by atoms with E-state index in [4.69, 9.17) is 0 Å². The minimum Gasteiger partial charge on any atom is -0.393 e. The zero-order chi connectivity index (χ0) is 10.1. The third kappa shape index (κ3) is 3.15. The molecule has 0 radical (unpaired) electrons. The highest BCUT2D eigenvalue weighted by atomic mass is 16.3. The summed E-state index contributed by atoms with van der Waals surface area (Å²) in [7, 11) is 0. The van der Waals surface area contributed by atoms with Crippen molar-refractivity contribution in [3.8, 4) is 0 Å². The Morgan fingerprint density at radius 1 is 1.38 bits per heavy atom. The summed E-state index contributed by atoms with van der Waals surface area (Å²) >= 11 is 0. The second-order valence-electron chi connectivity index (χ2n) is 5.28. The quantitative estimate of drug-likeness (QED) is 0.618. The number of hydrogen-bond donors (Lipinski definition) is 1. The van der Waals surface area contributed by atoms with E-state index in [1.165, 1.54) is 12.0 Å². The predicted molar refractivity (Wildman–Crippen MR) is 56.6 cm³/mol. The minimum atomic E-state index is -0.0932. The van der Waals surface area contributed by atoms with Gasteiger partial charge in [-0.3, -0.25) is 0 Å². The summed E-state index contributed by atoms with van der Waals surface area (Å²) in [5, 5.41) is 9.70. The van der Waals surface area contributed by atoms with Crippen LogP contribution in [0.4, 0.5) is 0 Å². The maximum atomic E-state index is 9.70. The van der Waals surface area contributed by atoms with Crippen LogP contribution in [0.5, 0.6) is 0 Å². The fourth-order valence-corrected chi connectivity index (χ4v) is 2.86. The number of hydrogen-bond acceptors (Lipinski definition) is 1. The summed E-state index contributed by atoms with van der Waals surface area (Å²) in [6.07, 6.45) is 5.36. The van der Waals surface area contributed by atoms with Gasteiger partial charge in [-0.05, 0) is 44.4 Å². The summed E-state index contributed by atoms with van der Waals surface area (Å²) in [4.78, 5) is 0. The van der Waals surface area contributed by atoms with Crippen molar-refractivity contribution in [3.63, 3.8) is 0 Å². The van der Waals surface area contributed by atoms with E-state index < -0.39 is 0 Å². The SMILES string of the molecule is CC(C)=CC1(C)CC(C)CC(O)C1. The van der Waals surface area contributed by atoms with Crippen LogP contribution >= 0.6 is 0 Å². The highest BCUT2D eigenvalue weighted by molar-refractivity contribution is 5.06. The maximum absolute atomic E-state index is 9.70. The topological polar surface area (TPSA) is 20.2 Å². The molecule has 0 aromatic carbocycles. The molecule has 1 N–H and O–H groups in total. The van der Waals surface area contributed by atoms with Crippen LogP contribution in [0.25, 0.3) is 0 Å². The average molecular weight is 182 g/mol. The first kappa shape index (κ1) is 10.8. The second-order valence-corrected chi connectivity index (χ2v) is 5.28. The Hall–Kier alpha value is -0.300. The van der Waals surface area contributed by atoms with Gasteiger partial charge >= 0.3 is 0 Å². The molecule has 1 aliphatic carbocycles. The lowest BCUT2D eigenvalue weighted by atomic mass is 9.69. The number of aliphatic hydroxyl groups excluding tert-OH is 1. The van der Waals surface area contributed by atoms with E-state index in [2.05, 4.69) is 33.8 Å². The van der Waals surface area contributed by atoms with E-state index in [-0.39, 0.29) is 11.5 Å². The fourth-order valence-electron chi connectivity index (χ4n) is 2.86. The van der Waals surface area contributed by atoms with Crippen molar-refractivity contribution in [2.24, 2.45) is 11.3 Å². The first-order valence-electron chi connectivity index (χ1n) is 5.25. The summed E-state index contributed by atoms with van der Waals surface area (Å²) in [5.74, 6) is 0.657. The molecular weight excluding hydrogens is 160 g/mol. The Balaban J connectivity index is 2.72. The Morgan fingerprint density at radius 3 is 2.46 bits per heavy atom. The van der Waals surface area contributed by atoms with E-state index >= 15 is 0 Å². The zero-order valence-corrected chi connectivity index (χ0v) is 9.30. The van der Waals surface area contributed by atoms with Crippen LogP contribution in [0.3, 0.4) is 0 Å². The van der Waals surface area contributed by atoms with Gasteiger partial charge < -0.3 is 5.11 Å². The van der Waals surface area contributed by atoms with Crippen molar-refractivity contribution in [1.82, 2.24) is 0 Å². The molecule has 0 spiro atoms. The Kier molecular flexibility index (Phi) is 3.18. The lowest BCUT2D eigenvalue weighted by Crippen LogP contribution is -2.31. The first-order chi connectivity index (χ1) is 5.91. The van der Waals surface area contributed by atoms with Crippen LogP contribution in [0.1, 0.15) is 47.0 Å². The van der Waals surface area contributed by atoms with Crippen LogP contribution in [0, 0.1) is 11.3 Å². The molecule has 0 bridgehead atoms. The van der Waals surface area contributed by atoms with Crippen LogP contribution in [-0.4, -0.2) is 11.2 Å². The Labute approximate surface area is 81.9 Å². The van der Waals surface area contributed by atoms with Crippen LogP contribution < -0.4 is 0 Å². The standard InChI is InChI=1S/C12H22O/c1-9(2)6-12(4)7-10(3)5-11(13)8-12/h6,10-11,13H,5,7-8H2,1-4H3. The summed E-state index contributed by atoms with van der Waals surface area (Å²) in [6, 6.07) is 0. The van der Waals surface area contributed by atoms with Crippen molar-refractivity contribution in [3.05, 3.63) is 11.6 Å². The van der Waals surface area contributed by atoms with Gasteiger partial charge in [-0.2, -0.15) is 0 Å². The zero-order valence-electron chi connectivity index (χ0n) is 9.30. The van der Waals surface area contributed by atoms with Crippen LogP contribution in [-0.2, 0) is 0 Å². The molecule has 76 valence electrons. The lowest BCUT2D eigenvalue weighted by molar-refractivity contribution is 0.0521. The molecule has 0 aromatic heterocycles. The van der Waals surface area contributed by atoms with Gasteiger partial charge in [-0.15, -0.1) is 0 Å². The molecule has 1 fully saturated rings. The van der Waals surface area contributed by atoms with Crippen molar-refractivity contribution in [2.75, 3.05) is 0 Å². The van der Waals surface area contributed by atoms with Crippen LogP contribution in [0.15, 0.2) is 11.6 Å². The number of rotatable bonds is 1. The summed E-state index contributed by atoms with van der Waals surface area (Å²) in [5.41, 5.74) is 1.60. The van der Waals surface area contributed by atoms with Gasteiger partial charge in [0.25, 0.3) is 0 Å². The smallest absolute Gasteiger partial charge is 0.0551 e. The van der Waals surface area contributed by atoms with Gasteiger partial charge in [0.2, 0.25) is 0 Å². The van der Waals surface area contributed by atoms with Gasteiger partial charge in [0.1, 0.15) is 0 Å². The second kappa shape index (κ2) is 3.83. The van der Waals surface area contributed by atoms with Gasteiger partial charge in [-0.1, -0.05) is 25.5 Å². The molecule has 0 aromatic rings. The molecule has 1 nitrogen and oxygen atoms in total. The van der Waals surface area contributed by atoms with E-state index in [9.17, 15) is 5.11 Å². The van der Waals surface area contributed by atoms with Gasteiger partial charge in [-0.25, -0.2) is 0 Å². The third-order valence-corrected chi connectivity index (χ3v) is 2.83. The molecule has 3 unspecified atom stereocenters. The molecule has 0 heterocycles. The molecule has 1 heteroatoms. The monoisotopic (exact) mass is 182 g/mol. The average Bonchev–Trinajstić information content (AvgIpc) is 1.77. The van der Waals surface area contributed by atoms with Crippen molar-refractivity contribution in [2.45, 2.75) is 53.1 Å². The molecule has 13 heavy (non-hydrogen) atoms. The van der Waals surface area contributed by atoms with E-state index in [1.54, 1.807) is 0 Å². The molecule has 1 aliphatic rings. The van der Waals surface area contributed by atoms with E-state index in [0.29, 0.717) is 5.92 Å². The molecule has 3 atom stereocenters. The Bertz CT molecular complexity index is 191.